The van der Waals surface area contributed by atoms with E-state index in [1.165, 1.54) is 0 Å². The number of ether oxygens (including phenoxy) is 2. The molecule has 21 heavy (non-hydrogen) atoms. The summed E-state index contributed by atoms with van der Waals surface area (Å²) in [6, 6.07) is 9.54. The fraction of sp³-hybridized carbons (Fsp3) is 0.312. The molecule has 2 aromatic rings. The third-order valence-electron chi connectivity index (χ3n) is 3.26. The van der Waals surface area contributed by atoms with Gasteiger partial charge < -0.3 is 14.0 Å². The Kier molecular flexibility index (Phi) is 5.20. The Hall–Kier alpha value is -1.59. The largest absolute Gasteiger partial charge is 0.468 e. The van der Waals surface area contributed by atoms with E-state index in [1.807, 2.05) is 38.1 Å². The number of pyridine rings is 1. The number of benzene rings is 1. The van der Waals surface area contributed by atoms with Gasteiger partial charge in [-0.2, -0.15) is 0 Å². The molecule has 0 aliphatic rings. The quantitative estimate of drug-likeness (QED) is 0.773. The van der Waals surface area contributed by atoms with Crippen molar-refractivity contribution in [2.24, 2.45) is 0 Å². The molecule has 4 nitrogen and oxygen atoms in total. The van der Waals surface area contributed by atoms with E-state index < -0.39 is 0 Å². The Morgan fingerprint density at radius 1 is 1.24 bits per heavy atom. The number of hydrogen-bond acceptors (Lipinski definition) is 3. The molecule has 0 N–H and O–H groups in total. The van der Waals surface area contributed by atoms with Crippen LogP contribution in [0.25, 0.3) is 11.3 Å². The summed E-state index contributed by atoms with van der Waals surface area (Å²) in [5.74, 6) is 0.751. The van der Waals surface area contributed by atoms with Crippen LogP contribution in [0.5, 0.6) is 5.75 Å². The van der Waals surface area contributed by atoms with E-state index in [1.54, 1.807) is 17.7 Å². The van der Waals surface area contributed by atoms with Crippen LogP contribution in [0.2, 0.25) is 0 Å². The lowest BCUT2D eigenvalue weighted by Crippen LogP contribution is -2.21. The molecular formula is C16H18BrNO3. The first-order chi connectivity index (χ1) is 10.1. The third-order valence-corrected chi connectivity index (χ3v) is 3.86. The van der Waals surface area contributed by atoms with Crippen molar-refractivity contribution in [1.82, 2.24) is 4.57 Å². The maximum Gasteiger partial charge on any atom is 0.265 e. The molecule has 0 fully saturated rings. The van der Waals surface area contributed by atoms with E-state index >= 15 is 0 Å². The molecule has 1 heterocycles. The average Bonchev–Trinajstić information content (AvgIpc) is 2.48. The van der Waals surface area contributed by atoms with Gasteiger partial charge in [-0.25, -0.2) is 0 Å². The van der Waals surface area contributed by atoms with E-state index in [0.29, 0.717) is 11.0 Å². The van der Waals surface area contributed by atoms with Gasteiger partial charge in [-0.15, -0.1) is 0 Å². The molecule has 5 heteroatoms. The van der Waals surface area contributed by atoms with E-state index in [-0.39, 0.29) is 12.4 Å². The highest BCUT2D eigenvalue weighted by Crippen LogP contribution is 2.27. The number of halogens is 1. The first kappa shape index (κ1) is 15.8. The van der Waals surface area contributed by atoms with Crippen LogP contribution < -0.4 is 10.3 Å². The van der Waals surface area contributed by atoms with Crippen molar-refractivity contribution >= 4 is 15.9 Å². The molecule has 2 rings (SSSR count). The highest BCUT2D eigenvalue weighted by molar-refractivity contribution is 9.10. The molecule has 0 radical (unpaired) electrons. The second kappa shape index (κ2) is 6.91. The van der Waals surface area contributed by atoms with Gasteiger partial charge in [-0.3, -0.25) is 4.79 Å². The van der Waals surface area contributed by atoms with Gasteiger partial charge in [-0.05, 0) is 65.7 Å². The Labute approximate surface area is 132 Å². The number of aryl methyl sites for hydroxylation is 1. The van der Waals surface area contributed by atoms with Gasteiger partial charge >= 0.3 is 0 Å². The maximum atomic E-state index is 12.2. The molecule has 0 bridgehead atoms. The molecule has 0 saturated heterocycles. The fourth-order valence-corrected chi connectivity index (χ4v) is 2.59. The zero-order valence-corrected chi connectivity index (χ0v) is 13.9. The van der Waals surface area contributed by atoms with Crippen LogP contribution in [0, 0.1) is 6.92 Å². The molecule has 0 unspecified atom stereocenters. The lowest BCUT2D eigenvalue weighted by atomic mass is 10.0. The van der Waals surface area contributed by atoms with Crippen molar-refractivity contribution in [2.75, 3.05) is 13.9 Å². The van der Waals surface area contributed by atoms with Gasteiger partial charge in [0.05, 0.1) is 10.2 Å². The fourth-order valence-electron chi connectivity index (χ4n) is 2.24. The predicted molar refractivity (Wildman–Crippen MR) is 86.8 cm³/mol. The summed E-state index contributed by atoms with van der Waals surface area (Å²) in [5, 5.41) is 0. The second-order valence-electron chi connectivity index (χ2n) is 4.64. The van der Waals surface area contributed by atoms with Crippen LogP contribution in [0.15, 0.2) is 39.6 Å². The lowest BCUT2D eigenvalue weighted by Gasteiger charge is -2.15. The molecule has 0 spiro atoms. The van der Waals surface area contributed by atoms with Gasteiger partial charge in [0.2, 0.25) is 0 Å². The average molecular weight is 352 g/mol. The van der Waals surface area contributed by atoms with E-state index in [4.69, 9.17) is 9.47 Å². The van der Waals surface area contributed by atoms with Crippen molar-refractivity contribution < 1.29 is 9.47 Å². The van der Waals surface area contributed by atoms with Gasteiger partial charge in [-0.1, -0.05) is 0 Å². The smallest absolute Gasteiger partial charge is 0.265 e. The van der Waals surface area contributed by atoms with Gasteiger partial charge in [0.1, 0.15) is 5.75 Å². The van der Waals surface area contributed by atoms with Gasteiger partial charge in [0.15, 0.2) is 6.79 Å². The molecule has 0 amide bonds. The molecule has 1 aromatic carbocycles. The minimum absolute atomic E-state index is 0.0193. The van der Waals surface area contributed by atoms with E-state index in [0.717, 1.165) is 22.6 Å². The number of aromatic nitrogens is 1. The molecule has 0 atom stereocenters. The zero-order valence-electron chi connectivity index (χ0n) is 12.4. The number of nitrogens with zero attached hydrogens (tertiary/aromatic N) is 1. The number of methoxy groups -OCH3 is 1. The van der Waals surface area contributed by atoms with Crippen LogP contribution >= 0.6 is 15.9 Å². The molecular weight excluding hydrogens is 334 g/mol. The first-order valence-corrected chi connectivity index (χ1v) is 7.50. The van der Waals surface area contributed by atoms with Crippen LogP contribution in [0.1, 0.15) is 12.5 Å². The number of hydrogen-bond donors (Lipinski definition) is 0. The summed E-state index contributed by atoms with van der Waals surface area (Å²) < 4.78 is 12.6. The summed E-state index contributed by atoms with van der Waals surface area (Å²) in [4.78, 5) is 12.2. The standard InChI is InChI=1S/C16H18BrNO3/c1-4-18-15(8-7-14(17)16(18)19)13-6-5-12(9-11(13)2)21-10-20-3/h5-9H,4,10H2,1-3H3. The van der Waals surface area contributed by atoms with Crippen LogP contribution in [0.4, 0.5) is 0 Å². The molecule has 112 valence electrons. The minimum Gasteiger partial charge on any atom is -0.468 e. The highest BCUT2D eigenvalue weighted by atomic mass is 79.9. The van der Waals surface area contributed by atoms with Crippen molar-refractivity contribution in [1.29, 1.82) is 0 Å². The summed E-state index contributed by atoms with van der Waals surface area (Å²) in [6.45, 7) is 4.80. The molecule has 0 saturated carbocycles. The Morgan fingerprint density at radius 3 is 2.62 bits per heavy atom. The minimum atomic E-state index is -0.0193. The topological polar surface area (TPSA) is 40.5 Å². The first-order valence-electron chi connectivity index (χ1n) is 6.70. The molecule has 0 aliphatic heterocycles. The Morgan fingerprint density at radius 2 is 2.00 bits per heavy atom. The second-order valence-corrected chi connectivity index (χ2v) is 5.50. The third kappa shape index (κ3) is 3.36. The van der Waals surface area contributed by atoms with E-state index in [2.05, 4.69) is 15.9 Å². The summed E-state index contributed by atoms with van der Waals surface area (Å²) in [5.41, 5.74) is 2.95. The molecule has 1 aromatic heterocycles. The van der Waals surface area contributed by atoms with Crippen LogP contribution in [-0.4, -0.2) is 18.5 Å². The van der Waals surface area contributed by atoms with E-state index in [9.17, 15) is 4.79 Å². The Balaban J connectivity index is 2.48. The predicted octanol–water partition coefficient (Wildman–Crippen LogP) is 3.59. The monoisotopic (exact) mass is 351 g/mol. The summed E-state index contributed by atoms with van der Waals surface area (Å²) in [7, 11) is 1.59. The lowest BCUT2D eigenvalue weighted by molar-refractivity contribution is 0.0511. The maximum absolute atomic E-state index is 12.2. The zero-order chi connectivity index (χ0) is 15.4. The highest BCUT2D eigenvalue weighted by Gasteiger charge is 2.10. The van der Waals surface area contributed by atoms with Crippen molar-refractivity contribution in [3.05, 3.63) is 50.7 Å². The SMILES string of the molecule is CCn1c(-c2ccc(OCOC)cc2C)ccc(Br)c1=O. The van der Waals surface area contributed by atoms with Crippen LogP contribution in [0.3, 0.4) is 0 Å². The van der Waals surface area contributed by atoms with Gasteiger partial charge in [0.25, 0.3) is 5.56 Å². The van der Waals surface area contributed by atoms with Crippen molar-refractivity contribution in [2.45, 2.75) is 20.4 Å². The normalized spacial score (nSPS) is 10.7. The summed E-state index contributed by atoms with van der Waals surface area (Å²) >= 11 is 3.28. The summed E-state index contributed by atoms with van der Waals surface area (Å²) in [6.07, 6.45) is 0. The van der Waals surface area contributed by atoms with Gasteiger partial charge in [0, 0.05) is 19.2 Å². The van der Waals surface area contributed by atoms with Crippen molar-refractivity contribution in [3.8, 4) is 17.0 Å². The number of rotatable bonds is 5. The Bertz CT molecular complexity index is 694. The van der Waals surface area contributed by atoms with Crippen molar-refractivity contribution in [3.63, 3.8) is 0 Å². The van der Waals surface area contributed by atoms with Crippen LogP contribution in [-0.2, 0) is 11.3 Å². The molecule has 0 aliphatic carbocycles.